The number of rotatable bonds is 2. The molecule has 1 fully saturated rings. The standard InChI is InChI=1S/C5H9NO4/c1-4(6(8)9)5(7)2-10-3-5/h4,7H,2-3H2,1H3. The molecular formula is C5H9NO4. The second-order valence-electron chi connectivity index (χ2n) is 2.56. The molecule has 1 saturated heterocycles. The van der Waals surface area contributed by atoms with Crippen molar-refractivity contribution >= 4 is 0 Å². The highest BCUT2D eigenvalue weighted by atomic mass is 16.6. The highest BCUT2D eigenvalue weighted by molar-refractivity contribution is 4.90. The number of aliphatic hydroxyl groups is 1. The lowest BCUT2D eigenvalue weighted by Gasteiger charge is -2.36. The van der Waals surface area contributed by atoms with Crippen LogP contribution in [0.4, 0.5) is 0 Å². The highest BCUT2D eigenvalue weighted by Crippen LogP contribution is 2.22. The first-order chi connectivity index (χ1) is 4.56. The fourth-order valence-corrected chi connectivity index (χ4v) is 0.749. The van der Waals surface area contributed by atoms with Crippen molar-refractivity contribution in [1.29, 1.82) is 0 Å². The normalized spacial score (nSPS) is 25.0. The van der Waals surface area contributed by atoms with Gasteiger partial charge in [0.2, 0.25) is 6.04 Å². The lowest BCUT2D eigenvalue weighted by Crippen LogP contribution is -2.59. The fraction of sp³-hybridized carbons (Fsp3) is 1.00. The molecule has 0 aromatic rings. The van der Waals surface area contributed by atoms with Crippen molar-refractivity contribution < 1.29 is 14.8 Å². The average Bonchev–Trinajstić information content (AvgIpc) is 1.81. The molecule has 1 heterocycles. The van der Waals surface area contributed by atoms with Crippen molar-refractivity contribution in [3.05, 3.63) is 10.1 Å². The van der Waals surface area contributed by atoms with Crippen LogP contribution in [0.3, 0.4) is 0 Å². The molecule has 0 spiro atoms. The Labute approximate surface area is 57.8 Å². The summed E-state index contributed by atoms with van der Waals surface area (Å²) < 4.78 is 4.65. The third kappa shape index (κ3) is 0.975. The van der Waals surface area contributed by atoms with Crippen LogP contribution in [0.25, 0.3) is 0 Å². The maximum absolute atomic E-state index is 10.1. The average molecular weight is 147 g/mol. The van der Waals surface area contributed by atoms with E-state index in [0.29, 0.717) is 0 Å². The SMILES string of the molecule is CC([N+](=O)[O-])C1(O)COC1. The smallest absolute Gasteiger partial charge is 0.243 e. The summed E-state index contributed by atoms with van der Waals surface area (Å²) >= 11 is 0. The Morgan fingerprint density at radius 2 is 2.30 bits per heavy atom. The number of ether oxygens (including phenoxy) is 1. The van der Waals surface area contributed by atoms with Crippen LogP contribution in [0.1, 0.15) is 6.92 Å². The Balaban J connectivity index is 2.54. The van der Waals surface area contributed by atoms with Crippen molar-refractivity contribution in [2.45, 2.75) is 18.6 Å². The first kappa shape index (κ1) is 7.43. The van der Waals surface area contributed by atoms with E-state index in [2.05, 4.69) is 4.74 Å². The summed E-state index contributed by atoms with van der Waals surface area (Å²) in [6, 6.07) is -0.929. The maximum atomic E-state index is 10.1. The fourth-order valence-electron chi connectivity index (χ4n) is 0.749. The van der Waals surface area contributed by atoms with Gasteiger partial charge < -0.3 is 9.84 Å². The number of nitrogens with zero attached hydrogens (tertiary/aromatic N) is 1. The molecule has 1 aliphatic heterocycles. The molecule has 0 amide bonds. The minimum Gasteiger partial charge on any atom is -0.378 e. The van der Waals surface area contributed by atoms with Gasteiger partial charge in [0.05, 0.1) is 13.2 Å². The Hall–Kier alpha value is -0.680. The zero-order valence-electron chi connectivity index (χ0n) is 5.61. The van der Waals surface area contributed by atoms with Gasteiger partial charge in [-0.2, -0.15) is 0 Å². The molecule has 10 heavy (non-hydrogen) atoms. The molecular weight excluding hydrogens is 138 g/mol. The summed E-state index contributed by atoms with van der Waals surface area (Å²) in [4.78, 5) is 9.63. The molecule has 5 heteroatoms. The van der Waals surface area contributed by atoms with E-state index in [4.69, 9.17) is 0 Å². The lowest BCUT2D eigenvalue weighted by molar-refractivity contribution is -0.551. The lowest BCUT2D eigenvalue weighted by atomic mass is 9.94. The number of hydrogen-bond acceptors (Lipinski definition) is 4. The van der Waals surface area contributed by atoms with Crippen molar-refractivity contribution in [3.8, 4) is 0 Å². The van der Waals surface area contributed by atoms with Gasteiger partial charge in [-0.25, -0.2) is 0 Å². The van der Waals surface area contributed by atoms with Gasteiger partial charge in [0.15, 0.2) is 5.60 Å². The van der Waals surface area contributed by atoms with Crippen LogP contribution in [-0.2, 0) is 4.74 Å². The topological polar surface area (TPSA) is 72.6 Å². The summed E-state index contributed by atoms with van der Waals surface area (Å²) in [5, 5.41) is 19.4. The predicted molar refractivity (Wildman–Crippen MR) is 32.2 cm³/mol. The first-order valence-corrected chi connectivity index (χ1v) is 3.00. The molecule has 0 aliphatic carbocycles. The Morgan fingerprint density at radius 1 is 1.80 bits per heavy atom. The quantitative estimate of drug-likeness (QED) is 0.418. The number of hydrogen-bond donors (Lipinski definition) is 1. The van der Waals surface area contributed by atoms with Crippen molar-refractivity contribution in [2.75, 3.05) is 13.2 Å². The number of nitro groups is 1. The van der Waals surface area contributed by atoms with Crippen LogP contribution in [0.5, 0.6) is 0 Å². The van der Waals surface area contributed by atoms with E-state index >= 15 is 0 Å². The molecule has 58 valence electrons. The van der Waals surface area contributed by atoms with Gasteiger partial charge in [0.25, 0.3) is 0 Å². The first-order valence-electron chi connectivity index (χ1n) is 3.00. The summed E-state index contributed by atoms with van der Waals surface area (Å²) in [5.74, 6) is 0. The second kappa shape index (κ2) is 2.17. The van der Waals surface area contributed by atoms with E-state index < -0.39 is 16.6 Å². The van der Waals surface area contributed by atoms with Gasteiger partial charge in [-0.05, 0) is 0 Å². The van der Waals surface area contributed by atoms with E-state index in [1.807, 2.05) is 0 Å². The van der Waals surface area contributed by atoms with Gasteiger partial charge in [0, 0.05) is 11.8 Å². The van der Waals surface area contributed by atoms with Crippen LogP contribution in [0.15, 0.2) is 0 Å². The van der Waals surface area contributed by atoms with Crippen molar-refractivity contribution in [3.63, 3.8) is 0 Å². The van der Waals surface area contributed by atoms with Crippen LogP contribution in [0, 0.1) is 10.1 Å². The Morgan fingerprint density at radius 3 is 2.40 bits per heavy atom. The summed E-state index contributed by atoms with van der Waals surface area (Å²) in [7, 11) is 0. The van der Waals surface area contributed by atoms with Gasteiger partial charge >= 0.3 is 0 Å². The zero-order chi connectivity index (χ0) is 7.78. The van der Waals surface area contributed by atoms with Crippen LogP contribution < -0.4 is 0 Å². The largest absolute Gasteiger partial charge is 0.378 e. The van der Waals surface area contributed by atoms with Gasteiger partial charge in [-0.3, -0.25) is 10.1 Å². The van der Waals surface area contributed by atoms with Crippen molar-refractivity contribution in [2.24, 2.45) is 0 Å². The third-order valence-electron chi connectivity index (χ3n) is 1.80. The molecule has 0 aromatic heterocycles. The minimum absolute atomic E-state index is 0.0785. The molecule has 0 radical (unpaired) electrons. The Bertz CT molecular complexity index is 154. The van der Waals surface area contributed by atoms with E-state index in [1.165, 1.54) is 6.92 Å². The molecule has 0 bridgehead atoms. The highest BCUT2D eigenvalue weighted by Gasteiger charge is 2.48. The van der Waals surface area contributed by atoms with E-state index in [9.17, 15) is 15.2 Å². The minimum atomic E-state index is -1.22. The van der Waals surface area contributed by atoms with Gasteiger partial charge in [-0.15, -0.1) is 0 Å². The maximum Gasteiger partial charge on any atom is 0.243 e. The summed E-state index contributed by atoms with van der Waals surface area (Å²) in [5.41, 5.74) is -1.22. The van der Waals surface area contributed by atoms with Gasteiger partial charge in [0.1, 0.15) is 0 Å². The molecule has 1 atom stereocenters. The molecule has 1 aliphatic rings. The summed E-state index contributed by atoms with van der Waals surface area (Å²) in [6.07, 6.45) is 0. The Kier molecular flexibility index (Phi) is 1.61. The predicted octanol–water partition coefficient (Wildman–Crippen LogP) is -0.587. The van der Waals surface area contributed by atoms with E-state index in [0.717, 1.165) is 0 Å². The molecule has 0 aromatic carbocycles. The van der Waals surface area contributed by atoms with Crippen LogP contribution in [-0.4, -0.2) is 34.9 Å². The van der Waals surface area contributed by atoms with Crippen LogP contribution in [0.2, 0.25) is 0 Å². The zero-order valence-corrected chi connectivity index (χ0v) is 5.61. The molecule has 5 nitrogen and oxygen atoms in total. The molecule has 1 N–H and O–H groups in total. The van der Waals surface area contributed by atoms with Gasteiger partial charge in [-0.1, -0.05) is 0 Å². The molecule has 0 saturated carbocycles. The van der Waals surface area contributed by atoms with E-state index in [1.54, 1.807) is 0 Å². The summed E-state index contributed by atoms with van der Waals surface area (Å²) in [6.45, 7) is 1.53. The molecule has 1 rings (SSSR count). The van der Waals surface area contributed by atoms with Crippen LogP contribution >= 0.6 is 0 Å². The third-order valence-corrected chi connectivity index (χ3v) is 1.80. The van der Waals surface area contributed by atoms with Crippen molar-refractivity contribution in [1.82, 2.24) is 0 Å². The molecule has 1 unspecified atom stereocenters. The monoisotopic (exact) mass is 147 g/mol. The second-order valence-corrected chi connectivity index (χ2v) is 2.56. The van der Waals surface area contributed by atoms with E-state index in [-0.39, 0.29) is 13.2 Å².